The van der Waals surface area contributed by atoms with Crippen molar-refractivity contribution in [3.63, 3.8) is 0 Å². The van der Waals surface area contributed by atoms with E-state index in [-0.39, 0.29) is 0 Å². The zero-order chi connectivity index (χ0) is 8.39. The molecule has 0 atom stereocenters. The second kappa shape index (κ2) is 3.07. The van der Waals surface area contributed by atoms with E-state index < -0.39 is 0 Å². The quantitative estimate of drug-likeness (QED) is 0.677. The minimum absolute atomic E-state index is 0.667. The first kappa shape index (κ1) is 7.50. The van der Waals surface area contributed by atoms with Gasteiger partial charge in [-0.1, -0.05) is 18.2 Å². The molecule has 1 N–H and O–H groups in total. The number of rotatable bonds is 1. The molecule has 0 spiro atoms. The third kappa shape index (κ3) is 1.25. The van der Waals surface area contributed by atoms with Gasteiger partial charge in [-0.2, -0.15) is 0 Å². The fraction of sp³-hybridized carbons (Fsp3) is 0.100. The van der Waals surface area contributed by atoms with Crippen molar-refractivity contribution >= 4 is 22.6 Å². The summed E-state index contributed by atoms with van der Waals surface area (Å²) in [4.78, 5) is 1.14. The van der Waals surface area contributed by atoms with Crippen LogP contribution in [-0.4, -0.2) is 5.71 Å². The Kier molecular flexibility index (Phi) is 1.92. The largest absolute Gasteiger partial charge is 0.304 e. The van der Waals surface area contributed by atoms with E-state index in [1.807, 2.05) is 29.7 Å². The molecule has 1 aliphatic rings. The van der Waals surface area contributed by atoms with E-state index >= 15 is 0 Å². The van der Waals surface area contributed by atoms with E-state index in [4.69, 9.17) is 5.41 Å². The van der Waals surface area contributed by atoms with Crippen LogP contribution in [0.25, 0.3) is 5.57 Å². The zero-order valence-corrected chi connectivity index (χ0v) is 7.32. The molecule has 59 valence electrons. The summed E-state index contributed by atoms with van der Waals surface area (Å²) in [7, 11) is 0. The molecule has 2 rings (SSSR count). The Morgan fingerprint density at radius 3 is 3.08 bits per heavy atom. The summed E-state index contributed by atoms with van der Waals surface area (Å²) in [6.07, 6.45) is 7.68. The number of hydrogen-bond donors (Lipinski definition) is 1. The molecular formula is C10H8NS. The summed E-state index contributed by atoms with van der Waals surface area (Å²) < 4.78 is 0. The minimum atomic E-state index is 0.667. The predicted octanol–water partition coefficient (Wildman–Crippen LogP) is 2.91. The second-order valence-corrected chi connectivity index (χ2v) is 3.53. The van der Waals surface area contributed by atoms with Gasteiger partial charge in [-0.15, -0.1) is 11.3 Å². The van der Waals surface area contributed by atoms with Gasteiger partial charge in [0.15, 0.2) is 0 Å². The Labute approximate surface area is 75.6 Å². The summed E-state index contributed by atoms with van der Waals surface area (Å²) in [5.74, 6) is 0. The van der Waals surface area contributed by atoms with Crippen LogP contribution in [0.15, 0.2) is 29.7 Å². The van der Waals surface area contributed by atoms with Crippen LogP contribution in [0.1, 0.15) is 11.3 Å². The molecule has 0 amide bonds. The van der Waals surface area contributed by atoms with Gasteiger partial charge in [0.05, 0.1) is 0 Å². The molecular weight excluding hydrogens is 166 g/mol. The van der Waals surface area contributed by atoms with E-state index in [9.17, 15) is 0 Å². The summed E-state index contributed by atoms with van der Waals surface area (Å²) >= 11 is 1.66. The molecule has 1 nitrogen and oxygen atoms in total. The van der Waals surface area contributed by atoms with Gasteiger partial charge in [0, 0.05) is 22.6 Å². The van der Waals surface area contributed by atoms with Gasteiger partial charge in [0.2, 0.25) is 0 Å². The summed E-state index contributed by atoms with van der Waals surface area (Å²) in [5.41, 5.74) is 1.62. The molecule has 0 bridgehead atoms. The molecule has 0 aromatic carbocycles. The van der Waals surface area contributed by atoms with Crippen molar-refractivity contribution in [3.8, 4) is 0 Å². The Morgan fingerprint density at radius 2 is 2.42 bits per heavy atom. The first-order valence-corrected chi connectivity index (χ1v) is 4.66. The highest BCUT2D eigenvalue weighted by molar-refractivity contribution is 7.11. The molecule has 0 aliphatic heterocycles. The van der Waals surface area contributed by atoms with Crippen LogP contribution in [0.5, 0.6) is 0 Å². The normalized spacial score (nSPS) is 16.3. The lowest BCUT2D eigenvalue weighted by Gasteiger charge is -2.06. The zero-order valence-electron chi connectivity index (χ0n) is 6.50. The molecule has 1 aliphatic carbocycles. The van der Waals surface area contributed by atoms with Crippen LogP contribution in [0, 0.1) is 11.5 Å². The van der Waals surface area contributed by atoms with Gasteiger partial charge in [-0.05, 0) is 17.5 Å². The fourth-order valence-corrected chi connectivity index (χ4v) is 1.91. The third-order valence-corrected chi connectivity index (χ3v) is 2.62. The number of hydrogen-bond acceptors (Lipinski definition) is 2. The lowest BCUT2D eigenvalue weighted by Crippen LogP contribution is -2.00. The summed E-state index contributed by atoms with van der Waals surface area (Å²) in [5, 5.41) is 9.70. The molecule has 12 heavy (non-hydrogen) atoms. The number of allylic oxidation sites excluding steroid dienone is 4. The Bertz CT molecular complexity index is 344. The molecule has 0 fully saturated rings. The van der Waals surface area contributed by atoms with Crippen molar-refractivity contribution in [2.24, 2.45) is 0 Å². The van der Waals surface area contributed by atoms with E-state index in [2.05, 4.69) is 6.08 Å². The predicted molar refractivity (Wildman–Crippen MR) is 52.5 cm³/mol. The lowest BCUT2D eigenvalue weighted by atomic mass is 10.0. The van der Waals surface area contributed by atoms with Crippen molar-refractivity contribution in [2.45, 2.75) is 6.42 Å². The van der Waals surface area contributed by atoms with Gasteiger partial charge in [-0.25, -0.2) is 0 Å². The Hall–Kier alpha value is -1.15. The topological polar surface area (TPSA) is 23.9 Å². The van der Waals surface area contributed by atoms with E-state index in [1.54, 1.807) is 11.3 Å². The molecule has 0 saturated carbocycles. The van der Waals surface area contributed by atoms with Gasteiger partial charge in [0.1, 0.15) is 0 Å². The average molecular weight is 174 g/mol. The molecule has 2 heteroatoms. The van der Waals surface area contributed by atoms with Crippen LogP contribution in [0.2, 0.25) is 0 Å². The highest BCUT2D eigenvalue weighted by Gasteiger charge is 2.09. The van der Waals surface area contributed by atoms with Gasteiger partial charge in [0.25, 0.3) is 0 Å². The Balaban J connectivity index is 2.40. The highest BCUT2D eigenvalue weighted by atomic mass is 32.1. The second-order valence-electron chi connectivity index (χ2n) is 2.58. The van der Waals surface area contributed by atoms with E-state index in [1.165, 1.54) is 0 Å². The average Bonchev–Trinajstić information content (AvgIpc) is 2.57. The third-order valence-electron chi connectivity index (χ3n) is 1.74. The van der Waals surface area contributed by atoms with Crippen LogP contribution < -0.4 is 0 Å². The smallest absolute Gasteiger partial charge is 0.0444 e. The lowest BCUT2D eigenvalue weighted by molar-refractivity contribution is 1.37. The maximum Gasteiger partial charge on any atom is 0.0444 e. The number of thiophene rings is 1. The maximum atomic E-state index is 7.68. The number of nitrogens with one attached hydrogen (secondary N) is 1. The van der Waals surface area contributed by atoms with Crippen LogP contribution in [0.3, 0.4) is 0 Å². The van der Waals surface area contributed by atoms with Crippen LogP contribution in [-0.2, 0) is 0 Å². The summed E-state index contributed by atoms with van der Waals surface area (Å²) in [6.45, 7) is 0. The highest BCUT2D eigenvalue weighted by Crippen LogP contribution is 2.23. The molecule has 1 aromatic heterocycles. The maximum absolute atomic E-state index is 7.68. The van der Waals surface area contributed by atoms with Crippen molar-refractivity contribution in [3.05, 3.63) is 40.6 Å². The summed E-state index contributed by atoms with van der Waals surface area (Å²) in [6, 6.07) is 4.03. The monoisotopic (exact) mass is 174 g/mol. The van der Waals surface area contributed by atoms with Crippen LogP contribution in [0.4, 0.5) is 0 Å². The first-order valence-electron chi connectivity index (χ1n) is 3.78. The molecule has 1 radical (unpaired) electrons. The van der Waals surface area contributed by atoms with E-state index in [0.717, 1.165) is 16.9 Å². The van der Waals surface area contributed by atoms with Crippen molar-refractivity contribution < 1.29 is 0 Å². The molecule has 1 aromatic rings. The van der Waals surface area contributed by atoms with E-state index in [0.29, 0.717) is 5.71 Å². The fourth-order valence-electron chi connectivity index (χ4n) is 1.15. The first-order chi connectivity index (χ1) is 5.88. The standard InChI is InChI=1S/C10H8NS/c11-9-5-2-1-4-8(9)10-6-3-7-12-10/h1-3,6-7,11H,5H2. The van der Waals surface area contributed by atoms with Gasteiger partial charge >= 0.3 is 0 Å². The van der Waals surface area contributed by atoms with Crippen molar-refractivity contribution in [2.75, 3.05) is 0 Å². The SMILES string of the molecule is N=C1CC=C[C]=C1c1cccs1. The Morgan fingerprint density at radius 1 is 1.50 bits per heavy atom. The van der Waals surface area contributed by atoms with Crippen molar-refractivity contribution in [1.29, 1.82) is 5.41 Å². The molecule has 0 unspecified atom stereocenters. The minimum Gasteiger partial charge on any atom is -0.304 e. The van der Waals surface area contributed by atoms with Crippen molar-refractivity contribution in [1.82, 2.24) is 0 Å². The van der Waals surface area contributed by atoms with Gasteiger partial charge in [-0.3, -0.25) is 0 Å². The molecule has 0 saturated heterocycles. The van der Waals surface area contributed by atoms with Crippen LogP contribution >= 0.6 is 11.3 Å². The molecule has 1 heterocycles. The van der Waals surface area contributed by atoms with Gasteiger partial charge < -0.3 is 5.41 Å².